The fourth-order valence-corrected chi connectivity index (χ4v) is 5.63. The minimum absolute atomic E-state index is 0.730. The second-order valence-electron chi connectivity index (χ2n) is 11.7. The topological polar surface area (TPSA) is 60.4 Å². The highest BCUT2D eigenvalue weighted by Crippen LogP contribution is 2.14. The largest absolute Gasteiger partial charge is 0.385 e. The minimum atomic E-state index is -4.21. The fraction of sp³-hybridized carbons (Fsp3) is 0.857. The van der Waals surface area contributed by atoms with E-state index >= 15 is 0 Å². The molecule has 0 aromatic heterocycles. The number of unbranched alkanes of at least 4 members (excludes halogenated alkanes) is 26. The summed E-state index contributed by atoms with van der Waals surface area (Å²) in [6, 6.07) is 0. The quantitative estimate of drug-likeness (QED) is 0.0353. The van der Waals surface area contributed by atoms with Crippen LogP contribution in [0.1, 0.15) is 194 Å². The van der Waals surface area contributed by atoms with Crippen molar-refractivity contribution >= 4 is 15.2 Å². The van der Waals surface area contributed by atoms with E-state index in [4.69, 9.17) is 4.18 Å². The van der Waals surface area contributed by atoms with E-state index in [2.05, 4.69) is 13.8 Å². The van der Waals surface area contributed by atoms with Crippen molar-refractivity contribution in [2.75, 3.05) is 0 Å². The molecule has 0 amide bonds. The molecule has 0 saturated heterocycles. The summed E-state index contributed by atoms with van der Waals surface area (Å²) in [5, 5.41) is -0.965. The number of allylic oxidation sites excluding steroid dienone is 2. The van der Waals surface area contributed by atoms with Gasteiger partial charge in [-0.15, -0.1) is 0 Å². The third-order valence-electron chi connectivity index (χ3n) is 7.73. The number of carbonyl (C=O) groups is 1. The lowest BCUT2D eigenvalue weighted by atomic mass is 10.0. The van der Waals surface area contributed by atoms with Gasteiger partial charge < -0.3 is 4.18 Å². The van der Waals surface area contributed by atoms with Gasteiger partial charge in [0.25, 0.3) is 0 Å². The van der Waals surface area contributed by atoms with Crippen molar-refractivity contribution in [3.63, 3.8) is 0 Å². The summed E-state index contributed by atoms with van der Waals surface area (Å²) in [6.45, 7) is 4.52. The molecule has 0 aliphatic rings. The van der Waals surface area contributed by atoms with Crippen LogP contribution in [0.5, 0.6) is 0 Å². The Hall–Kier alpha value is -1.10. The van der Waals surface area contributed by atoms with Gasteiger partial charge in [0.1, 0.15) is 6.26 Å². The zero-order valence-corrected chi connectivity index (χ0v) is 27.5. The molecule has 0 saturated carbocycles. The molecule has 0 aliphatic heterocycles. The smallest absolute Gasteiger partial charge is 0.377 e. The summed E-state index contributed by atoms with van der Waals surface area (Å²) < 4.78 is 28.7. The van der Waals surface area contributed by atoms with E-state index in [9.17, 15) is 13.2 Å². The average molecular weight is 583 g/mol. The van der Waals surface area contributed by atoms with Crippen LogP contribution < -0.4 is 0 Å². The van der Waals surface area contributed by atoms with Crippen molar-refractivity contribution in [2.24, 2.45) is 0 Å². The third-order valence-corrected chi connectivity index (χ3v) is 8.72. The molecule has 0 N–H and O–H groups in total. The van der Waals surface area contributed by atoms with Crippen molar-refractivity contribution in [3.8, 4) is 0 Å². The SMILES string of the molecule is CCCCCCCCCCCCCCCC=COS(=O)(=O)C(=O)C=CCCCCCCCCCCCCCCC. The number of carbonyl (C=O) groups excluding carboxylic acids is 1. The molecule has 5 heteroatoms. The molecular weight excluding hydrogens is 516 g/mol. The highest BCUT2D eigenvalue weighted by atomic mass is 32.2. The van der Waals surface area contributed by atoms with Gasteiger partial charge in [0.2, 0.25) is 0 Å². The first-order valence-electron chi connectivity index (χ1n) is 17.3. The molecule has 0 radical (unpaired) electrons. The molecule has 0 spiro atoms. The van der Waals surface area contributed by atoms with Crippen LogP contribution in [0.3, 0.4) is 0 Å². The Kier molecular flexibility index (Phi) is 30.0. The predicted octanol–water partition coefficient (Wildman–Crippen LogP) is 11.9. The lowest BCUT2D eigenvalue weighted by molar-refractivity contribution is -0.108. The lowest BCUT2D eigenvalue weighted by Crippen LogP contribution is -2.12. The lowest BCUT2D eigenvalue weighted by Gasteiger charge is -2.02. The molecule has 4 nitrogen and oxygen atoms in total. The molecule has 0 heterocycles. The van der Waals surface area contributed by atoms with Crippen LogP contribution in [-0.2, 0) is 19.1 Å². The van der Waals surface area contributed by atoms with E-state index in [-0.39, 0.29) is 0 Å². The first kappa shape index (κ1) is 38.9. The van der Waals surface area contributed by atoms with Crippen molar-refractivity contribution in [1.82, 2.24) is 0 Å². The Bertz CT molecular complexity index is 696. The fourth-order valence-electron chi connectivity index (χ4n) is 5.05. The Labute approximate surface area is 250 Å². The molecule has 0 unspecified atom stereocenters. The van der Waals surface area contributed by atoms with Gasteiger partial charge in [-0.05, 0) is 37.8 Å². The van der Waals surface area contributed by atoms with Crippen LogP contribution in [0.15, 0.2) is 24.5 Å². The van der Waals surface area contributed by atoms with E-state index in [1.807, 2.05) is 0 Å². The van der Waals surface area contributed by atoms with Gasteiger partial charge >= 0.3 is 15.2 Å². The van der Waals surface area contributed by atoms with E-state index in [0.717, 1.165) is 50.9 Å². The molecule has 0 atom stereocenters. The Morgan fingerprint density at radius 1 is 0.475 bits per heavy atom. The van der Waals surface area contributed by atoms with Gasteiger partial charge in [-0.25, -0.2) is 0 Å². The molecule has 40 heavy (non-hydrogen) atoms. The second kappa shape index (κ2) is 30.8. The molecular formula is C35H66O4S. The molecule has 236 valence electrons. The Morgan fingerprint density at radius 2 is 0.775 bits per heavy atom. The minimum Gasteiger partial charge on any atom is -0.385 e. The Balaban J connectivity index is 3.57. The van der Waals surface area contributed by atoms with E-state index in [1.165, 1.54) is 141 Å². The summed E-state index contributed by atoms with van der Waals surface area (Å²) in [4.78, 5) is 12.0. The number of hydrogen-bond acceptors (Lipinski definition) is 4. The van der Waals surface area contributed by atoms with Crippen molar-refractivity contribution < 1.29 is 17.4 Å². The maximum Gasteiger partial charge on any atom is 0.377 e. The van der Waals surface area contributed by atoms with Gasteiger partial charge in [-0.3, -0.25) is 4.79 Å². The van der Waals surface area contributed by atoms with Crippen LogP contribution in [0.25, 0.3) is 0 Å². The van der Waals surface area contributed by atoms with Gasteiger partial charge in [-0.1, -0.05) is 174 Å². The normalized spacial score (nSPS) is 12.2. The summed E-state index contributed by atoms with van der Waals surface area (Å²) >= 11 is 0. The van der Waals surface area contributed by atoms with Crippen molar-refractivity contribution in [1.29, 1.82) is 0 Å². The third kappa shape index (κ3) is 28.4. The monoisotopic (exact) mass is 582 g/mol. The van der Waals surface area contributed by atoms with Crippen molar-refractivity contribution in [3.05, 3.63) is 24.5 Å². The first-order chi connectivity index (χ1) is 19.5. The molecule has 0 aromatic rings. The Morgan fingerprint density at radius 3 is 1.12 bits per heavy atom. The van der Waals surface area contributed by atoms with Crippen LogP contribution in [0.4, 0.5) is 0 Å². The van der Waals surface area contributed by atoms with Crippen molar-refractivity contribution in [2.45, 2.75) is 194 Å². The summed E-state index contributed by atoms with van der Waals surface area (Å²) in [5.41, 5.74) is 0. The van der Waals surface area contributed by atoms with E-state index in [1.54, 1.807) is 12.2 Å². The van der Waals surface area contributed by atoms with E-state index in [0.29, 0.717) is 0 Å². The highest BCUT2D eigenvalue weighted by molar-refractivity contribution is 8.02. The first-order valence-corrected chi connectivity index (χ1v) is 18.7. The second-order valence-corrected chi connectivity index (χ2v) is 13.2. The number of hydrogen-bond donors (Lipinski definition) is 0. The average Bonchev–Trinajstić information content (AvgIpc) is 2.94. The summed E-state index contributed by atoms with van der Waals surface area (Å²) in [7, 11) is -4.21. The standard InChI is InChI=1S/C35H66O4S/c1-3-5-7-9-11-13-15-17-19-21-23-25-27-29-31-33-35(36)40(37,38)39-34-32-30-28-26-24-22-20-18-16-14-12-10-8-6-4-2/h31-34H,3-30H2,1-2H3. The molecule has 0 bridgehead atoms. The summed E-state index contributed by atoms with van der Waals surface area (Å²) in [6.07, 6.45) is 41.0. The molecule has 0 rings (SSSR count). The molecule has 0 aliphatic carbocycles. The molecule has 0 aromatic carbocycles. The zero-order valence-electron chi connectivity index (χ0n) is 26.6. The van der Waals surface area contributed by atoms with Gasteiger partial charge in [0.05, 0.1) is 0 Å². The van der Waals surface area contributed by atoms with Crippen LogP contribution in [-0.4, -0.2) is 13.5 Å². The van der Waals surface area contributed by atoms with Gasteiger partial charge in [0, 0.05) is 0 Å². The number of rotatable bonds is 31. The maximum atomic E-state index is 12.0. The van der Waals surface area contributed by atoms with Crippen LogP contribution in [0, 0.1) is 0 Å². The predicted molar refractivity (Wildman–Crippen MR) is 174 cm³/mol. The van der Waals surface area contributed by atoms with E-state index < -0.39 is 15.2 Å². The zero-order chi connectivity index (χ0) is 29.4. The van der Waals surface area contributed by atoms with Gasteiger partial charge in [-0.2, -0.15) is 8.42 Å². The molecule has 0 fully saturated rings. The van der Waals surface area contributed by atoms with Crippen LogP contribution in [0.2, 0.25) is 0 Å². The summed E-state index contributed by atoms with van der Waals surface area (Å²) in [5.74, 6) is 0. The van der Waals surface area contributed by atoms with Gasteiger partial charge in [0.15, 0.2) is 0 Å². The van der Waals surface area contributed by atoms with Crippen LogP contribution >= 0.6 is 0 Å². The highest BCUT2D eigenvalue weighted by Gasteiger charge is 2.19. The maximum absolute atomic E-state index is 12.0.